The molecule has 0 spiro atoms. The summed E-state index contributed by atoms with van der Waals surface area (Å²) in [5.41, 5.74) is 0.816. The Kier molecular flexibility index (Phi) is 7.08. The number of fused-ring (bicyclic) bond motifs is 1. The van der Waals surface area contributed by atoms with Gasteiger partial charge in [-0.1, -0.05) is 6.07 Å². The highest BCUT2D eigenvalue weighted by molar-refractivity contribution is 7.88. The summed E-state index contributed by atoms with van der Waals surface area (Å²) < 4.78 is 60.3. The van der Waals surface area contributed by atoms with Crippen LogP contribution in [-0.2, 0) is 16.6 Å². The molecule has 1 aromatic carbocycles. The molecule has 0 bridgehead atoms. The van der Waals surface area contributed by atoms with Crippen molar-refractivity contribution in [3.63, 3.8) is 0 Å². The van der Waals surface area contributed by atoms with Crippen LogP contribution in [0.2, 0.25) is 0 Å². The summed E-state index contributed by atoms with van der Waals surface area (Å²) in [4.78, 5) is 14.5. The summed E-state index contributed by atoms with van der Waals surface area (Å²) >= 11 is 0. The Balaban J connectivity index is 1.62. The molecule has 0 fully saturated rings. The number of nitrogens with one attached hydrogen (secondary N) is 1. The monoisotopic (exact) mass is 532 g/mol. The molecule has 12 heteroatoms. The van der Waals surface area contributed by atoms with Gasteiger partial charge in [-0.25, -0.2) is 36.5 Å². The second-order valence-corrected chi connectivity index (χ2v) is 12.1. The number of nitrogens with zero attached hydrogens (tertiary/aromatic N) is 5. The Morgan fingerprint density at radius 2 is 1.89 bits per heavy atom. The summed E-state index contributed by atoms with van der Waals surface area (Å²) in [6.45, 7) is 8.50. The van der Waals surface area contributed by atoms with Crippen molar-refractivity contribution in [3.8, 4) is 17.0 Å². The van der Waals surface area contributed by atoms with Gasteiger partial charge in [0, 0.05) is 31.4 Å². The van der Waals surface area contributed by atoms with Gasteiger partial charge in [0.1, 0.15) is 17.1 Å². The Bertz CT molecular complexity index is 1410. The average molecular weight is 533 g/mol. The maximum absolute atomic E-state index is 15.2. The number of aromatic nitrogens is 3. The van der Waals surface area contributed by atoms with Crippen molar-refractivity contribution >= 4 is 27.5 Å². The van der Waals surface area contributed by atoms with Gasteiger partial charge < -0.3 is 15.0 Å². The largest absolute Gasteiger partial charge is 0.481 e. The van der Waals surface area contributed by atoms with Gasteiger partial charge in [0.2, 0.25) is 16.0 Å². The molecule has 1 aliphatic heterocycles. The van der Waals surface area contributed by atoms with Crippen LogP contribution in [0.1, 0.15) is 33.3 Å². The fourth-order valence-electron chi connectivity index (χ4n) is 4.01. The molecule has 198 valence electrons. The molecule has 37 heavy (non-hydrogen) atoms. The van der Waals surface area contributed by atoms with Gasteiger partial charge in [-0.05, 0) is 51.5 Å². The molecule has 0 saturated carbocycles. The fourth-order valence-corrected chi connectivity index (χ4v) is 4.39. The fraction of sp³-hybridized carbons (Fsp3) is 0.400. The number of halogens is 2. The molecule has 0 aliphatic carbocycles. The molecule has 1 N–H and O–H groups in total. The lowest BCUT2D eigenvalue weighted by atomic mass is 10.0. The summed E-state index contributed by atoms with van der Waals surface area (Å²) in [6.07, 6.45) is 3.66. The zero-order valence-corrected chi connectivity index (χ0v) is 22.4. The van der Waals surface area contributed by atoms with E-state index in [0.717, 1.165) is 12.5 Å². The van der Waals surface area contributed by atoms with E-state index in [-0.39, 0.29) is 35.5 Å². The van der Waals surface area contributed by atoms with Gasteiger partial charge in [-0.15, -0.1) is 0 Å². The predicted molar refractivity (Wildman–Crippen MR) is 138 cm³/mol. The van der Waals surface area contributed by atoms with Crippen LogP contribution in [0.15, 0.2) is 36.7 Å². The molecular formula is C25H30F2N6O3S. The van der Waals surface area contributed by atoms with Gasteiger partial charge in [0.25, 0.3) is 0 Å². The minimum atomic E-state index is -3.32. The van der Waals surface area contributed by atoms with Crippen LogP contribution in [0.4, 0.5) is 26.2 Å². The maximum Gasteiger partial charge on any atom is 0.229 e. The first-order valence-electron chi connectivity index (χ1n) is 11.7. The van der Waals surface area contributed by atoms with E-state index in [1.54, 1.807) is 18.2 Å². The first-order valence-corrected chi connectivity index (χ1v) is 13.5. The van der Waals surface area contributed by atoms with E-state index in [4.69, 9.17) is 4.74 Å². The molecule has 0 amide bonds. The van der Waals surface area contributed by atoms with Crippen LogP contribution >= 0.6 is 0 Å². The summed E-state index contributed by atoms with van der Waals surface area (Å²) in [6, 6.07) is 6.29. The van der Waals surface area contributed by atoms with Gasteiger partial charge in [0.05, 0.1) is 24.7 Å². The van der Waals surface area contributed by atoms with E-state index < -0.39 is 27.3 Å². The first kappa shape index (κ1) is 26.7. The predicted octanol–water partition coefficient (Wildman–Crippen LogP) is 4.34. The number of pyridine rings is 1. The van der Waals surface area contributed by atoms with Crippen molar-refractivity contribution in [2.75, 3.05) is 30.1 Å². The van der Waals surface area contributed by atoms with E-state index in [1.807, 2.05) is 32.6 Å². The molecule has 0 unspecified atom stereocenters. The maximum atomic E-state index is 15.2. The quantitative estimate of drug-likeness (QED) is 0.480. The number of sulfonamides is 1. The summed E-state index contributed by atoms with van der Waals surface area (Å²) in [5.74, 6) is -0.727. The number of benzene rings is 1. The van der Waals surface area contributed by atoms with Crippen LogP contribution in [-0.4, -0.2) is 59.2 Å². The molecule has 0 atom stereocenters. The van der Waals surface area contributed by atoms with Crippen LogP contribution in [0.25, 0.3) is 11.3 Å². The highest BCUT2D eigenvalue weighted by Gasteiger charge is 2.35. The molecule has 1 aliphatic rings. The summed E-state index contributed by atoms with van der Waals surface area (Å²) in [7, 11) is -1.84. The molecule has 4 rings (SSSR count). The molecule has 3 aromatic rings. The summed E-state index contributed by atoms with van der Waals surface area (Å²) in [5, 5.41) is 2.91. The first-order chi connectivity index (χ1) is 17.2. The lowest BCUT2D eigenvalue weighted by Crippen LogP contribution is -2.49. The standard InChI is InChI=1S/C25H30F2N6O3S/c1-15(2)33-14-25(3,4)36-23-18(26)9-17(10-20(23)33)22-19(27)12-29-24(31-22)30-21-8-7-16(11-28-21)13-32(5)37(6,34)35/h7-12,15H,13-14H2,1-6H3,(H,28,29,30,31). The lowest BCUT2D eigenvalue weighted by Gasteiger charge is -2.43. The second-order valence-electron chi connectivity index (χ2n) is 9.98. The zero-order valence-electron chi connectivity index (χ0n) is 21.6. The third-order valence-corrected chi connectivity index (χ3v) is 7.20. The van der Waals surface area contributed by atoms with E-state index in [9.17, 15) is 12.8 Å². The smallest absolute Gasteiger partial charge is 0.229 e. The molecule has 9 nitrogen and oxygen atoms in total. The topological polar surface area (TPSA) is 101 Å². The Morgan fingerprint density at radius 3 is 2.51 bits per heavy atom. The van der Waals surface area contributed by atoms with Crippen molar-refractivity contribution in [1.82, 2.24) is 19.3 Å². The van der Waals surface area contributed by atoms with Crippen LogP contribution in [0.3, 0.4) is 0 Å². The number of anilines is 3. The van der Waals surface area contributed by atoms with Crippen molar-refractivity contribution in [2.45, 2.75) is 45.9 Å². The van der Waals surface area contributed by atoms with Gasteiger partial charge >= 0.3 is 0 Å². The van der Waals surface area contributed by atoms with Crippen LogP contribution < -0.4 is 15.0 Å². The van der Waals surface area contributed by atoms with Gasteiger partial charge in [0.15, 0.2) is 17.4 Å². The van der Waals surface area contributed by atoms with E-state index in [2.05, 4.69) is 20.3 Å². The third kappa shape index (κ3) is 5.96. The second kappa shape index (κ2) is 9.82. The van der Waals surface area contributed by atoms with Crippen molar-refractivity contribution in [1.29, 1.82) is 0 Å². The lowest BCUT2D eigenvalue weighted by molar-refractivity contribution is 0.0967. The molecule has 2 aromatic heterocycles. The average Bonchev–Trinajstić information content (AvgIpc) is 2.80. The van der Waals surface area contributed by atoms with Gasteiger partial charge in [-0.3, -0.25) is 0 Å². The van der Waals surface area contributed by atoms with Crippen molar-refractivity contribution < 1.29 is 21.9 Å². The van der Waals surface area contributed by atoms with E-state index in [0.29, 0.717) is 23.6 Å². The van der Waals surface area contributed by atoms with Crippen molar-refractivity contribution in [2.24, 2.45) is 0 Å². The Morgan fingerprint density at radius 1 is 1.16 bits per heavy atom. The van der Waals surface area contributed by atoms with Gasteiger partial charge in [-0.2, -0.15) is 0 Å². The number of hydrogen-bond acceptors (Lipinski definition) is 8. The molecule has 0 saturated heterocycles. The number of ether oxygens (including phenoxy) is 1. The Hall–Kier alpha value is -3.38. The van der Waals surface area contributed by atoms with Crippen LogP contribution in [0.5, 0.6) is 5.75 Å². The highest BCUT2D eigenvalue weighted by atomic mass is 32.2. The van der Waals surface area contributed by atoms with Crippen molar-refractivity contribution in [3.05, 3.63) is 53.9 Å². The highest BCUT2D eigenvalue weighted by Crippen LogP contribution is 2.42. The van der Waals surface area contributed by atoms with Crippen LogP contribution in [0, 0.1) is 11.6 Å². The van der Waals surface area contributed by atoms with E-state index >= 15 is 4.39 Å². The normalized spacial score (nSPS) is 15.0. The SMILES string of the molecule is CC(C)N1CC(C)(C)Oc2c(F)cc(-c3nc(Nc4ccc(CN(C)S(C)(=O)=O)cn4)ncc3F)cc21. The molecule has 0 radical (unpaired) electrons. The minimum absolute atomic E-state index is 0.0651. The zero-order chi connectivity index (χ0) is 27.1. The number of hydrogen-bond donors (Lipinski definition) is 1. The van der Waals surface area contributed by atoms with E-state index in [1.165, 1.54) is 23.6 Å². The number of rotatable bonds is 7. The Labute approximate surface area is 215 Å². The minimum Gasteiger partial charge on any atom is -0.481 e. The third-order valence-electron chi connectivity index (χ3n) is 5.94. The molecular weight excluding hydrogens is 502 g/mol. The molecule has 3 heterocycles.